The summed E-state index contributed by atoms with van der Waals surface area (Å²) in [6, 6.07) is 6.87. The molecular weight excluding hydrogens is 229 g/mol. The van der Waals surface area contributed by atoms with Crippen LogP contribution < -0.4 is 9.88 Å². The maximum atomic E-state index is 10.5. The van der Waals surface area contributed by atoms with Crippen LogP contribution in [0.1, 0.15) is 5.56 Å². The van der Waals surface area contributed by atoms with Crippen LogP contribution in [0.3, 0.4) is 0 Å². The van der Waals surface area contributed by atoms with E-state index in [1.165, 1.54) is 7.11 Å². The molecule has 0 saturated heterocycles. The second-order valence-electron chi connectivity index (χ2n) is 2.61. The van der Waals surface area contributed by atoms with Gasteiger partial charge in [0.2, 0.25) is 0 Å². The summed E-state index contributed by atoms with van der Waals surface area (Å²) in [6.45, 7) is -0.0873. The van der Waals surface area contributed by atoms with E-state index >= 15 is 0 Å². The first-order valence-electron chi connectivity index (χ1n) is 3.81. The van der Waals surface area contributed by atoms with E-state index in [4.69, 9.17) is 4.74 Å². The van der Waals surface area contributed by atoms with Gasteiger partial charge in [-0.2, -0.15) is 8.42 Å². The van der Waals surface area contributed by atoms with Crippen molar-refractivity contribution in [2.75, 3.05) is 7.11 Å². The summed E-state index contributed by atoms with van der Waals surface area (Å²) in [7, 11) is -2.36. The first-order chi connectivity index (χ1) is 6.51. The van der Waals surface area contributed by atoms with Crippen molar-refractivity contribution < 1.29 is 17.3 Å². The average molecular weight is 241 g/mol. The molecule has 0 spiro atoms. The van der Waals surface area contributed by atoms with E-state index in [-0.39, 0.29) is 36.2 Å². The Kier molecular flexibility index (Phi) is 6.42. The first kappa shape index (κ1) is 14.9. The number of benzene rings is 1. The second kappa shape index (κ2) is 6.47. The van der Waals surface area contributed by atoms with E-state index in [1.54, 1.807) is 24.3 Å². The summed E-state index contributed by atoms with van der Waals surface area (Å²) in [6.07, 6.45) is 0. The van der Waals surface area contributed by atoms with E-state index in [2.05, 4.69) is 9.32 Å². The van der Waals surface area contributed by atoms with Crippen molar-refractivity contribution in [2.45, 2.75) is 6.61 Å². The summed E-state index contributed by atoms with van der Waals surface area (Å²) >= 11 is 0. The van der Waals surface area contributed by atoms with Crippen LogP contribution in [0.2, 0.25) is 0 Å². The number of nitrogens with two attached hydrogens (primary N) is 1. The van der Waals surface area contributed by atoms with E-state index < -0.39 is 10.3 Å². The normalized spacial score (nSPS) is 10.5. The summed E-state index contributed by atoms with van der Waals surface area (Å²) < 4.78 is 30.3. The van der Waals surface area contributed by atoms with Gasteiger partial charge in [-0.1, -0.05) is 12.1 Å². The molecule has 0 unspecified atom stereocenters. The number of rotatable bonds is 4. The molecule has 7 heteroatoms. The van der Waals surface area contributed by atoms with Crippen molar-refractivity contribution in [1.29, 1.82) is 0 Å². The molecule has 0 fully saturated rings. The molecule has 0 heterocycles. The predicted molar refractivity (Wildman–Crippen MR) is 58.0 cm³/mol. The van der Waals surface area contributed by atoms with Crippen LogP contribution in [0, 0.1) is 0 Å². The van der Waals surface area contributed by atoms with Gasteiger partial charge >= 0.3 is 39.9 Å². The molecule has 80 valence electrons. The molecule has 0 aliphatic heterocycles. The monoisotopic (exact) mass is 241 g/mol. The summed E-state index contributed by atoms with van der Waals surface area (Å²) in [4.78, 5) is 0. The van der Waals surface area contributed by atoms with E-state index in [0.717, 1.165) is 0 Å². The molecule has 1 aromatic rings. The summed E-state index contributed by atoms with van der Waals surface area (Å²) in [5.41, 5.74) is 0.679. The van der Waals surface area contributed by atoms with Crippen LogP contribution in [-0.4, -0.2) is 45.1 Å². The van der Waals surface area contributed by atoms with Gasteiger partial charge in [0.05, 0.1) is 13.7 Å². The van der Waals surface area contributed by atoms with E-state index in [9.17, 15) is 8.42 Å². The summed E-state index contributed by atoms with van der Waals surface area (Å²) in [5.74, 6) is 0.639. The minimum atomic E-state index is -3.88. The Hall–Kier alpha value is -0.110. The van der Waals surface area contributed by atoms with Crippen molar-refractivity contribution in [2.24, 2.45) is 5.14 Å². The first-order valence-corrected chi connectivity index (χ1v) is 5.28. The van der Waals surface area contributed by atoms with Gasteiger partial charge in [0, 0.05) is 0 Å². The Morgan fingerprint density at radius 3 is 2.60 bits per heavy atom. The molecule has 0 aliphatic carbocycles. The van der Waals surface area contributed by atoms with Crippen LogP contribution in [0.25, 0.3) is 0 Å². The van der Waals surface area contributed by atoms with Crippen molar-refractivity contribution in [3.05, 3.63) is 29.8 Å². The number of hydrogen-bond acceptors (Lipinski definition) is 4. The number of hydrogen-bond donors (Lipinski definition) is 1. The van der Waals surface area contributed by atoms with Gasteiger partial charge < -0.3 is 4.74 Å². The Morgan fingerprint density at radius 1 is 1.40 bits per heavy atom. The fourth-order valence-electron chi connectivity index (χ4n) is 0.912. The fraction of sp³-hybridized carbons (Fsp3) is 0.250. The van der Waals surface area contributed by atoms with E-state index in [0.29, 0.717) is 11.3 Å². The molecule has 1 aromatic carbocycles. The van der Waals surface area contributed by atoms with Crippen LogP contribution in [-0.2, 0) is 21.1 Å². The van der Waals surface area contributed by atoms with Gasteiger partial charge in [-0.15, -0.1) is 0 Å². The molecule has 0 radical (unpaired) electrons. The third-order valence-corrected chi connectivity index (χ3v) is 1.97. The molecule has 0 amide bonds. The number of methoxy groups -OCH3 is 1. The second-order valence-corrected chi connectivity index (χ2v) is 3.83. The molecule has 1 rings (SSSR count). The molecule has 0 aliphatic rings. The van der Waals surface area contributed by atoms with Gasteiger partial charge in [-0.25, -0.2) is 5.14 Å². The van der Waals surface area contributed by atoms with Crippen molar-refractivity contribution in [3.63, 3.8) is 0 Å². The molecule has 0 bridgehead atoms. The minimum absolute atomic E-state index is 0. The van der Waals surface area contributed by atoms with Gasteiger partial charge in [0.15, 0.2) is 0 Å². The Balaban J connectivity index is 0.00000196. The summed E-state index contributed by atoms with van der Waals surface area (Å²) in [5, 5.41) is 4.67. The average Bonchev–Trinajstić information content (AvgIpc) is 2.14. The van der Waals surface area contributed by atoms with Crippen LogP contribution in [0.4, 0.5) is 0 Å². The zero-order valence-electron chi connectivity index (χ0n) is 7.64. The van der Waals surface area contributed by atoms with Gasteiger partial charge in [-0.3, -0.25) is 4.18 Å². The maximum absolute atomic E-state index is 10.5. The number of ether oxygens (including phenoxy) is 1. The van der Waals surface area contributed by atoms with Crippen LogP contribution >= 0.6 is 0 Å². The zero-order valence-corrected chi connectivity index (χ0v) is 8.45. The molecular formula is C8H12NNaO4S. The molecule has 5 nitrogen and oxygen atoms in total. The van der Waals surface area contributed by atoms with Gasteiger partial charge in [0.1, 0.15) is 5.75 Å². The van der Waals surface area contributed by atoms with Crippen LogP contribution in [0.5, 0.6) is 5.75 Å². The molecule has 2 N–H and O–H groups in total. The van der Waals surface area contributed by atoms with Crippen LogP contribution in [0.15, 0.2) is 24.3 Å². The quantitative estimate of drug-likeness (QED) is 0.738. The topological polar surface area (TPSA) is 78.6 Å². The fourth-order valence-corrected chi connectivity index (χ4v) is 1.21. The zero-order chi connectivity index (χ0) is 10.6. The van der Waals surface area contributed by atoms with Gasteiger partial charge in [0.25, 0.3) is 0 Å². The molecule has 15 heavy (non-hydrogen) atoms. The van der Waals surface area contributed by atoms with E-state index in [1.807, 2.05) is 0 Å². The SMILES string of the molecule is COc1cccc(COS(N)(=O)=O)c1.[NaH]. The molecule has 0 aromatic heterocycles. The Bertz CT molecular complexity index is 407. The molecule has 0 atom stereocenters. The standard InChI is InChI=1S/C8H11NO4S.Na.H/c1-12-8-4-2-3-7(5-8)6-13-14(9,10)11;;/h2-5H,6H2,1H3,(H2,9,10,11);;. The van der Waals surface area contributed by atoms with Crippen molar-refractivity contribution >= 4 is 39.9 Å². The predicted octanol–water partition coefficient (Wildman–Crippen LogP) is -0.233. The Labute approximate surface area is 111 Å². The molecule has 0 saturated carbocycles. The van der Waals surface area contributed by atoms with Crippen molar-refractivity contribution in [1.82, 2.24) is 0 Å². The third-order valence-electron chi connectivity index (χ3n) is 1.52. The Morgan fingerprint density at radius 2 is 2.07 bits per heavy atom. The van der Waals surface area contributed by atoms with Gasteiger partial charge in [-0.05, 0) is 17.7 Å². The van der Waals surface area contributed by atoms with Crippen molar-refractivity contribution in [3.8, 4) is 5.75 Å². The third kappa shape index (κ3) is 6.14.